The van der Waals surface area contributed by atoms with Gasteiger partial charge in [0.1, 0.15) is 11.5 Å². The van der Waals surface area contributed by atoms with E-state index in [0.717, 1.165) is 49.6 Å². The molecular formula is C20H25N3O3. The molecule has 2 amide bonds. The summed E-state index contributed by atoms with van der Waals surface area (Å²) in [7, 11) is 0. The molecule has 0 N–H and O–H groups in total. The first-order valence-corrected chi connectivity index (χ1v) is 9.54. The van der Waals surface area contributed by atoms with Gasteiger partial charge in [-0.2, -0.15) is 0 Å². The zero-order valence-electron chi connectivity index (χ0n) is 15.4. The number of anilines is 1. The summed E-state index contributed by atoms with van der Waals surface area (Å²) in [5.41, 5.74) is 2.13. The standard InChI is InChI=1S/C20H25N3O3/c1-12-8-17(12)16-5-7-22(20(16)26)10-15-9-14-4-3-6-23(13(2)25)19(14)21-18(15)11-24/h9,11-12,16-17H,3-8,10H2,1-2H3/t12?,16-,17?/m0/s1. The average molecular weight is 355 g/mol. The number of carbonyl (C=O) groups is 3. The maximum atomic E-state index is 12.7. The van der Waals surface area contributed by atoms with E-state index in [1.54, 1.807) is 4.90 Å². The Morgan fingerprint density at radius 3 is 2.81 bits per heavy atom. The van der Waals surface area contributed by atoms with Gasteiger partial charge in [0.2, 0.25) is 11.8 Å². The lowest BCUT2D eigenvalue weighted by molar-refractivity contribution is -0.132. The maximum absolute atomic E-state index is 12.7. The molecule has 2 unspecified atom stereocenters. The first-order chi connectivity index (χ1) is 12.5. The summed E-state index contributed by atoms with van der Waals surface area (Å²) in [6.45, 7) is 5.55. The number of hydrogen-bond acceptors (Lipinski definition) is 4. The fourth-order valence-corrected chi connectivity index (χ4v) is 4.53. The van der Waals surface area contributed by atoms with Crippen molar-refractivity contribution in [2.45, 2.75) is 46.1 Å². The number of aromatic nitrogens is 1. The second-order valence-electron chi connectivity index (χ2n) is 7.94. The van der Waals surface area contributed by atoms with Crippen LogP contribution in [0.3, 0.4) is 0 Å². The van der Waals surface area contributed by atoms with E-state index in [9.17, 15) is 14.4 Å². The number of nitrogens with zero attached hydrogens (tertiary/aromatic N) is 3. The summed E-state index contributed by atoms with van der Waals surface area (Å²) in [5, 5.41) is 0. The van der Waals surface area contributed by atoms with Crippen molar-refractivity contribution in [3.05, 3.63) is 22.9 Å². The smallest absolute Gasteiger partial charge is 0.226 e. The van der Waals surface area contributed by atoms with Gasteiger partial charge in [-0.25, -0.2) is 4.98 Å². The molecule has 6 heteroatoms. The van der Waals surface area contributed by atoms with Crippen LogP contribution >= 0.6 is 0 Å². The summed E-state index contributed by atoms with van der Waals surface area (Å²) >= 11 is 0. The first kappa shape index (κ1) is 17.2. The van der Waals surface area contributed by atoms with Gasteiger partial charge in [-0.05, 0) is 49.1 Å². The topological polar surface area (TPSA) is 70.6 Å². The molecule has 0 spiro atoms. The van der Waals surface area contributed by atoms with Gasteiger partial charge in [0.25, 0.3) is 0 Å². The lowest BCUT2D eigenvalue weighted by Crippen LogP contribution is -2.35. The van der Waals surface area contributed by atoms with Gasteiger partial charge in [0.15, 0.2) is 6.29 Å². The highest BCUT2D eigenvalue weighted by Gasteiger charge is 2.47. The normalized spacial score (nSPS) is 27.5. The molecule has 1 aromatic rings. The Morgan fingerprint density at radius 1 is 1.38 bits per heavy atom. The average Bonchev–Trinajstić information content (AvgIpc) is 3.24. The van der Waals surface area contributed by atoms with Crippen LogP contribution in [0.1, 0.15) is 54.7 Å². The number of hydrogen-bond donors (Lipinski definition) is 0. The summed E-state index contributed by atoms with van der Waals surface area (Å²) in [6, 6.07) is 1.97. The molecule has 4 rings (SSSR count). The summed E-state index contributed by atoms with van der Waals surface area (Å²) < 4.78 is 0. The van der Waals surface area contributed by atoms with Crippen molar-refractivity contribution in [3.8, 4) is 0 Å². The highest BCUT2D eigenvalue weighted by atomic mass is 16.2. The number of aldehydes is 1. The quantitative estimate of drug-likeness (QED) is 0.777. The van der Waals surface area contributed by atoms with Gasteiger partial charge in [-0.3, -0.25) is 19.3 Å². The molecule has 1 saturated heterocycles. The highest BCUT2D eigenvalue weighted by molar-refractivity contribution is 5.92. The van der Waals surface area contributed by atoms with Crippen molar-refractivity contribution in [2.75, 3.05) is 18.0 Å². The third kappa shape index (κ3) is 2.91. The third-order valence-corrected chi connectivity index (χ3v) is 6.15. The Kier molecular flexibility index (Phi) is 4.29. The second kappa shape index (κ2) is 6.49. The molecule has 0 radical (unpaired) electrons. The zero-order chi connectivity index (χ0) is 18.4. The number of pyridine rings is 1. The molecule has 1 aliphatic carbocycles. The molecule has 0 aromatic carbocycles. The van der Waals surface area contributed by atoms with E-state index in [4.69, 9.17) is 0 Å². The molecule has 2 fully saturated rings. The van der Waals surface area contributed by atoms with E-state index in [1.165, 1.54) is 6.92 Å². The van der Waals surface area contributed by atoms with Crippen molar-refractivity contribution in [1.29, 1.82) is 0 Å². The number of likely N-dealkylation sites (tertiary alicyclic amines) is 1. The minimum Gasteiger partial charge on any atom is -0.338 e. The molecule has 2 aliphatic heterocycles. The SMILES string of the molecule is CC(=O)N1CCCc2cc(CN3CC[C@@H](C4CC4C)C3=O)c(C=O)nc21. The molecule has 1 saturated carbocycles. The van der Waals surface area contributed by atoms with Gasteiger partial charge in [0.05, 0.1) is 0 Å². The predicted molar refractivity (Wildman–Crippen MR) is 96.8 cm³/mol. The van der Waals surface area contributed by atoms with Crippen LogP contribution in [-0.4, -0.2) is 41.1 Å². The lowest BCUT2D eigenvalue weighted by atomic mass is 10.0. The maximum Gasteiger partial charge on any atom is 0.226 e. The molecule has 26 heavy (non-hydrogen) atoms. The summed E-state index contributed by atoms with van der Waals surface area (Å²) in [6.07, 6.45) is 4.54. The summed E-state index contributed by atoms with van der Waals surface area (Å²) in [4.78, 5) is 44.2. The molecule has 1 aromatic heterocycles. The largest absolute Gasteiger partial charge is 0.338 e. The van der Waals surface area contributed by atoms with Crippen LogP contribution in [0.15, 0.2) is 6.07 Å². The fourth-order valence-electron chi connectivity index (χ4n) is 4.53. The monoisotopic (exact) mass is 355 g/mol. The minimum absolute atomic E-state index is 0.0563. The number of rotatable bonds is 4. The number of carbonyl (C=O) groups excluding carboxylic acids is 3. The molecule has 138 valence electrons. The Balaban J connectivity index is 1.58. The fraction of sp³-hybridized carbons (Fsp3) is 0.600. The van der Waals surface area contributed by atoms with Crippen molar-refractivity contribution >= 4 is 23.9 Å². The Bertz CT molecular complexity index is 776. The van der Waals surface area contributed by atoms with Crippen LogP contribution in [0.25, 0.3) is 0 Å². The van der Waals surface area contributed by atoms with Crippen LogP contribution in [0.5, 0.6) is 0 Å². The molecule has 3 atom stereocenters. The Labute approximate surface area is 153 Å². The minimum atomic E-state index is -0.0563. The molecule has 6 nitrogen and oxygen atoms in total. The van der Waals surface area contributed by atoms with Crippen LogP contribution in [0.4, 0.5) is 5.82 Å². The van der Waals surface area contributed by atoms with Gasteiger partial charge in [-0.1, -0.05) is 6.92 Å². The Morgan fingerprint density at radius 2 is 2.15 bits per heavy atom. The van der Waals surface area contributed by atoms with Gasteiger partial charge in [0, 0.05) is 38.0 Å². The van der Waals surface area contributed by atoms with E-state index < -0.39 is 0 Å². The zero-order valence-corrected chi connectivity index (χ0v) is 15.4. The van der Waals surface area contributed by atoms with Crippen molar-refractivity contribution in [3.63, 3.8) is 0 Å². The van der Waals surface area contributed by atoms with E-state index in [1.807, 2.05) is 11.0 Å². The van der Waals surface area contributed by atoms with Crippen LogP contribution in [0.2, 0.25) is 0 Å². The summed E-state index contributed by atoms with van der Waals surface area (Å²) in [5.74, 6) is 2.13. The molecule has 3 heterocycles. The molecule has 0 bridgehead atoms. The van der Waals surface area contributed by atoms with Gasteiger partial charge in [-0.15, -0.1) is 0 Å². The van der Waals surface area contributed by atoms with Crippen molar-refractivity contribution < 1.29 is 14.4 Å². The lowest BCUT2D eigenvalue weighted by Gasteiger charge is -2.28. The predicted octanol–water partition coefficient (Wildman–Crippen LogP) is 2.20. The number of amides is 2. The van der Waals surface area contributed by atoms with Crippen LogP contribution < -0.4 is 4.90 Å². The van der Waals surface area contributed by atoms with Crippen molar-refractivity contribution in [1.82, 2.24) is 9.88 Å². The van der Waals surface area contributed by atoms with E-state index in [-0.39, 0.29) is 17.7 Å². The van der Waals surface area contributed by atoms with E-state index >= 15 is 0 Å². The van der Waals surface area contributed by atoms with Crippen LogP contribution in [-0.2, 0) is 22.6 Å². The third-order valence-electron chi connectivity index (χ3n) is 6.15. The van der Waals surface area contributed by atoms with E-state index in [0.29, 0.717) is 36.4 Å². The first-order valence-electron chi connectivity index (χ1n) is 9.54. The van der Waals surface area contributed by atoms with Gasteiger partial charge < -0.3 is 4.90 Å². The van der Waals surface area contributed by atoms with Gasteiger partial charge >= 0.3 is 0 Å². The van der Waals surface area contributed by atoms with E-state index in [2.05, 4.69) is 11.9 Å². The van der Waals surface area contributed by atoms with Crippen molar-refractivity contribution in [2.24, 2.45) is 17.8 Å². The highest BCUT2D eigenvalue weighted by Crippen LogP contribution is 2.47. The second-order valence-corrected chi connectivity index (χ2v) is 7.94. The molecular weight excluding hydrogens is 330 g/mol. The molecule has 3 aliphatic rings. The number of aryl methyl sites for hydroxylation is 1. The van der Waals surface area contributed by atoms with Crippen LogP contribution in [0, 0.1) is 17.8 Å². The Hall–Kier alpha value is -2.24. The number of fused-ring (bicyclic) bond motifs is 1.